The minimum atomic E-state index is 0.0784. The molecule has 0 amide bonds. The first kappa shape index (κ1) is 16.3. The molecule has 1 aliphatic rings. The molecule has 1 aromatic heterocycles. The summed E-state index contributed by atoms with van der Waals surface area (Å²) in [6.07, 6.45) is 3.20. The monoisotopic (exact) mass is 361 g/mol. The fourth-order valence-electron chi connectivity index (χ4n) is 2.80. The minimum Gasteiger partial charge on any atom is -0.398 e. The van der Waals surface area contributed by atoms with E-state index in [0.29, 0.717) is 23.6 Å². The van der Waals surface area contributed by atoms with Crippen LogP contribution in [-0.2, 0) is 11.2 Å². The molecule has 2 heterocycles. The van der Waals surface area contributed by atoms with E-state index in [1.165, 1.54) is 18.0 Å². The summed E-state index contributed by atoms with van der Waals surface area (Å²) in [6, 6.07) is 13.1. The molecule has 128 valence electrons. The minimum absolute atomic E-state index is 0.0784. The molecule has 0 saturated carbocycles. The molecule has 0 radical (unpaired) electrons. The van der Waals surface area contributed by atoms with Gasteiger partial charge in [-0.15, -0.1) is 0 Å². The predicted octanol–water partition coefficient (Wildman–Crippen LogP) is 3.64. The van der Waals surface area contributed by atoms with Crippen LogP contribution in [-0.4, -0.2) is 21.3 Å². The van der Waals surface area contributed by atoms with Crippen LogP contribution in [0.3, 0.4) is 0 Å². The molecule has 1 aliphatic heterocycles. The van der Waals surface area contributed by atoms with Crippen LogP contribution in [0.15, 0.2) is 53.6 Å². The van der Waals surface area contributed by atoms with Crippen LogP contribution in [0.4, 0.5) is 17.3 Å². The highest BCUT2D eigenvalue weighted by molar-refractivity contribution is 8.13. The van der Waals surface area contributed by atoms with Crippen LogP contribution < -0.4 is 11.1 Å². The number of carbonyl (C=O) groups excluding carboxylic acids is 1. The second kappa shape index (κ2) is 6.61. The van der Waals surface area contributed by atoms with Crippen molar-refractivity contribution in [2.45, 2.75) is 11.3 Å². The molecule has 4 rings (SSSR count). The van der Waals surface area contributed by atoms with Crippen molar-refractivity contribution < 1.29 is 4.79 Å². The third-order valence-electron chi connectivity index (χ3n) is 4.06. The van der Waals surface area contributed by atoms with E-state index in [4.69, 9.17) is 11.1 Å². The Morgan fingerprint density at radius 2 is 2.08 bits per heavy atom. The van der Waals surface area contributed by atoms with Crippen molar-refractivity contribution in [2.24, 2.45) is 0 Å². The highest BCUT2D eigenvalue weighted by Crippen LogP contribution is 2.37. The van der Waals surface area contributed by atoms with Crippen LogP contribution >= 0.6 is 11.8 Å². The van der Waals surface area contributed by atoms with Crippen molar-refractivity contribution in [2.75, 3.05) is 11.1 Å². The quantitative estimate of drug-likeness (QED) is 0.486. The Kier molecular flexibility index (Phi) is 4.14. The molecule has 2 aromatic carbocycles. The Balaban J connectivity index is 1.75. The van der Waals surface area contributed by atoms with Gasteiger partial charge in [0.25, 0.3) is 0 Å². The zero-order chi connectivity index (χ0) is 18.1. The molecule has 0 saturated heterocycles. The molecule has 0 aliphatic carbocycles. The molecule has 6 nitrogen and oxygen atoms in total. The van der Waals surface area contributed by atoms with Gasteiger partial charge in [0.05, 0.1) is 5.69 Å². The lowest BCUT2D eigenvalue weighted by Crippen LogP contribution is -2.04. The number of nitrogens with one attached hydrogen (secondary N) is 2. The highest BCUT2D eigenvalue weighted by Gasteiger charge is 2.21. The van der Waals surface area contributed by atoms with E-state index in [-0.39, 0.29) is 5.12 Å². The summed E-state index contributed by atoms with van der Waals surface area (Å²) in [5.41, 5.74) is 10.2. The zero-order valence-corrected chi connectivity index (χ0v) is 14.5. The second-order valence-electron chi connectivity index (χ2n) is 5.83. The smallest absolute Gasteiger partial charge is 0.227 e. The first-order valence-electron chi connectivity index (χ1n) is 7.97. The molecule has 26 heavy (non-hydrogen) atoms. The lowest BCUT2D eigenvalue weighted by Gasteiger charge is -2.11. The number of anilines is 3. The van der Waals surface area contributed by atoms with Gasteiger partial charge in [0, 0.05) is 51.8 Å². The number of nitrogens with zero attached hydrogens (tertiary/aromatic N) is 2. The number of rotatable bonds is 3. The summed E-state index contributed by atoms with van der Waals surface area (Å²) < 4.78 is 0. The van der Waals surface area contributed by atoms with Crippen molar-refractivity contribution in [3.63, 3.8) is 0 Å². The van der Waals surface area contributed by atoms with E-state index >= 15 is 0 Å². The molecular weight excluding hydrogens is 346 g/mol. The largest absolute Gasteiger partial charge is 0.398 e. The summed E-state index contributed by atoms with van der Waals surface area (Å²) in [7, 11) is 0. The second-order valence-corrected chi connectivity index (χ2v) is 6.93. The molecular formula is C19H15N5OS. The third kappa shape index (κ3) is 3.04. The van der Waals surface area contributed by atoms with Gasteiger partial charge in [0.2, 0.25) is 5.95 Å². The van der Waals surface area contributed by atoms with Crippen LogP contribution in [0.1, 0.15) is 11.1 Å². The normalized spacial score (nSPS) is 12.7. The van der Waals surface area contributed by atoms with E-state index in [9.17, 15) is 4.79 Å². The number of thioether (sulfide) groups is 1. The van der Waals surface area contributed by atoms with Gasteiger partial charge in [0.15, 0.2) is 5.12 Å². The van der Waals surface area contributed by atoms with Crippen molar-refractivity contribution in [1.29, 1.82) is 5.41 Å². The van der Waals surface area contributed by atoms with E-state index in [2.05, 4.69) is 15.3 Å². The topological polar surface area (TPSA) is 105 Å². The van der Waals surface area contributed by atoms with Crippen LogP contribution in [0.25, 0.3) is 11.3 Å². The maximum atomic E-state index is 12.1. The Morgan fingerprint density at radius 1 is 1.23 bits per heavy atom. The maximum Gasteiger partial charge on any atom is 0.227 e. The number of carbonyl (C=O) groups is 1. The van der Waals surface area contributed by atoms with Gasteiger partial charge < -0.3 is 16.5 Å². The predicted molar refractivity (Wildman–Crippen MR) is 104 cm³/mol. The summed E-state index contributed by atoms with van der Waals surface area (Å²) in [5, 5.41) is 10.6. The first-order valence-corrected chi connectivity index (χ1v) is 8.79. The molecule has 4 N–H and O–H groups in total. The number of aromatic nitrogens is 2. The van der Waals surface area contributed by atoms with Crippen molar-refractivity contribution in [3.05, 3.63) is 59.8 Å². The van der Waals surface area contributed by atoms with E-state index < -0.39 is 0 Å². The fourth-order valence-corrected chi connectivity index (χ4v) is 3.70. The van der Waals surface area contributed by atoms with E-state index in [1.54, 1.807) is 18.3 Å². The van der Waals surface area contributed by atoms with Crippen LogP contribution in [0.2, 0.25) is 0 Å². The number of fused-ring (bicyclic) bond motifs is 3. The van der Waals surface area contributed by atoms with Crippen molar-refractivity contribution >= 4 is 40.4 Å². The molecule has 0 bridgehead atoms. The fraction of sp³-hybridized carbons (Fsp3) is 0.0526. The Bertz CT molecular complexity index is 1030. The van der Waals surface area contributed by atoms with Gasteiger partial charge >= 0.3 is 0 Å². The van der Waals surface area contributed by atoms with Crippen LogP contribution in [0.5, 0.6) is 0 Å². The number of benzene rings is 2. The number of nitrogens with two attached hydrogens (primary N) is 1. The number of nitrogen functional groups attached to an aromatic ring is 1. The molecule has 0 fully saturated rings. The lowest BCUT2D eigenvalue weighted by molar-refractivity contribution is -0.110. The molecule has 0 spiro atoms. The zero-order valence-electron chi connectivity index (χ0n) is 13.7. The van der Waals surface area contributed by atoms with Gasteiger partial charge in [-0.2, -0.15) is 0 Å². The van der Waals surface area contributed by atoms with Gasteiger partial charge in [0.1, 0.15) is 0 Å². The Labute approximate surface area is 154 Å². The summed E-state index contributed by atoms with van der Waals surface area (Å²) in [5.74, 6) is 0.429. The van der Waals surface area contributed by atoms with Crippen molar-refractivity contribution in [1.82, 2.24) is 9.97 Å². The lowest BCUT2D eigenvalue weighted by atomic mass is 10.1. The Morgan fingerprint density at radius 3 is 2.92 bits per heavy atom. The van der Waals surface area contributed by atoms with Crippen LogP contribution in [0, 0.1) is 5.41 Å². The first-order chi connectivity index (χ1) is 12.6. The average molecular weight is 361 g/mol. The Hall–Kier alpha value is -3.19. The van der Waals surface area contributed by atoms with Gasteiger partial charge in [-0.05, 0) is 24.3 Å². The highest BCUT2D eigenvalue weighted by atomic mass is 32.2. The summed E-state index contributed by atoms with van der Waals surface area (Å²) in [6.45, 7) is 0. The SMILES string of the molecule is N=Cc1cc(Nc2ncc3c(n2)-c2ccccc2SC(=O)C3)ccc1N. The maximum absolute atomic E-state index is 12.1. The molecule has 3 aromatic rings. The summed E-state index contributed by atoms with van der Waals surface area (Å²) in [4.78, 5) is 22.0. The summed E-state index contributed by atoms with van der Waals surface area (Å²) >= 11 is 1.24. The average Bonchev–Trinajstić information content (AvgIpc) is 2.78. The molecule has 7 heteroatoms. The number of hydrogen-bond donors (Lipinski definition) is 3. The standard InChI is InChI=1S/C19H15N5OS/c20-9-11-7-13(5-6-15(11)21)23-19-22-10-12-8-17(25)26-16-4-2-1-3-14(16)18(12)24-19/h1-7,9-10,20H,8,21H2,(H,22,23,24). The molecule has 0 unspecified atom stereocenters. The number of hydrogen-bond acceptors (Lipinski definition) is 7. The third-order valence-corrected chi connectivity index (χ3v) is 5.01. The van der Waals surface area contributed by atoms with Gasteiger partial charge in [-0.25, -0.2) is 9.97 Å². The van der Waals surface area contributed by atoms with Gasteiger partial charge in [-0.3, -0.25) is 4.79 Å². The van der Waals surface area contributed by atoms with Crippen molar-refractivity contribution in [3.8, 4) is 11.3 Å². The van der Waals surface area contributed by atoms with Gasteiger partial charge in [-0.1, -0.05) is 30.0 Å². The molecule has 0 atom stereocenters. The van der Waals surface area contributed by atoms with E-state index in [0.717, 1.165) is 27.4 Å². The van der Waals surface area contributed by atoms with E-state index in [1.807, 2.05) is 30.3 Å².